The van der Waals surface area contributed by atoms with Crippen LogP contribution in [0.4, 0.5) is 40.8 Å². The highest BCUT2D eigenvalue weighted by atomic mass is 35.5. The van der Waals surface area contributed by atoms with E-state index < -0.39 is 59.9 Å². The Morgan fingerprint density at radius 3 is 2.23 bits per heavy atom. The minimum Gasteiger partial charge on any atom is -0.467 e. The van der Waals surface area contributed by atoms with Gasteiger partial charge in [-0.25, -0.2) is 9.18 Å². The van der Waals surface area contributed by atoms with Crippen LogP contribution in [0.3, 0.4) is 0 Å². The van der Waals surface area contributed by atoms with Crippen molar-refractivity contribution in [3.05, 3.63) is 94.8 Å². The number of rotatable bonds is 14. The molecule has 0 saturated heterocycles. The molecule has 0 spiro atoms. The maximum Gasteiger partial charge on any atom is 0.422 e. The third-order valence-corrected chi connectivity index (χ3v) is 7.97. The molecular formula is C34H31ClF4N8O6. The van der Waals surface area contributed by atoms with Gasteiger partial charge in [0.25, 0.3) is 5.91 Å². The molecule has 1 saturated carbocycles. The van der Waals surface area contributed by atoms with Gasteiger partial charge in [0, 0.05) is 22.8 Å². The zero-order chi connectivity index (χ0) is 38.2. The van der Waals surface area contributed by atoms with Crippen molar-refractivity contribution >= 4 is 58.6 Å². The highest BCUT2D eigenvalue weighted by Gasteiger charge is 2.45. The van der Waals surface area contributed by atoms with Crippen LogP contribution in [-0.4, -0.2) is 71.1 Å². The van der Waals surface area contributed by atoms with Crippen LogP contribution in [0.1, 0.15) is 35.2 Å². The third kappa shape index (κ3) is 10.7. The van der Waals surface area contributed by atoms with Crippen LogP contribution in [0.15, 0.2) is 72.8 Å². The van der Waals surface area contributed by atoms with Crippen molar-refractivity contribution in [2.75, 3.05) is 36.2 Å². The lowest BCUT2D eigenvalue weighted by Crippen LogP contribution is -2.44. The van der Waals surface area contributed by atoms with Gasteiger partial charge in [-0.2, -0.15) is 28.1 Å². The maximum absolute atomic E-state index is 13.8. The Kier molecular flexibility index (Phi) is 11.9. The minimum absolute atomic E-state index is 0.0427. The molecule has 53 heavy (non-hydrogen) atoms. The number of benzene rings is 3. The van der Waals surface area contributed by atoms with Gasteiger partial charge in [0.1, 0.15) is 11.9 Å². The van der Waals surface area contributed by atoms with Crippen molar-refractivity contribution in [3.63, 3.8) is 0 Å². The molecule has 4 aromatic rings. The highest BCUT2D eigenvalue weighted by molar-refractivity contribution is 6.39. The summed E-state index contributed by atoms with van der Waals surface area (Å²) in [6, 6.07) is 16.2. The van der Waals surface area contributed by atoms with E-state index in [1.807, 2.05) is 12.1 Å². The van der Waals surface area contributed by atoms with Crippen molar-refractivity contribution in [3.8, 4) is 6.01 Å². The monoisotopic (exact) mass is 758 g/mol. The van der Waals surface area contributed by atoms with Crippen LogP contribution in [0.2, 0.25) is 5.02 Å². The molecule has 1 fully saturated rings. The van der Waals surface area contributed by atoms with E-state index in [1.54, 1.807) is 12.1 Å². The molecule has 5 rings (SSSR count). The van der Waals surface area contributed by atoms with E-state index >= 15 is 0 Å². The van der Waals surface area contributed by atoms with Gasteiger partial charge < -0.3 is 36.1 Å². The number of halogens is 5. The van der Waals surface area contributed by atoms with Crippen molar-refractivity contribution in [2.24, 2.45) is 0 Å². The Morgan fingerprint density at radius 2 is 1.58 bits per heavy atom. The van der Waals surface area contributed by atoms with E-state index in [2.05, 4.69) is 41.5 Å². The number of hydrogen-bond donors (Lipinski definition) is 5. The summed E-state index contributed by atoms with van der Waals surface area (Å²) in [6.07, 6.45) is -3.41. The quantitative estimate of drug-likeness (QED) is 0.0672. The molecule has 1 heterocycles. The molecule has 19 heteroatoms. The Morgan fingerprint density at radius 1 is 0.906 bits per heavy atom. The second-order valence-corrected chi connectivity index (χ2v) is 12.0. The first kappa shape index (κ1) is 38.2. The normalized spacial score (nSPS) is 13.5. The summed E-state index contributed by atoms with van der Waals surface area (Å²) in [6.45, 7) is -1.86. The molecule has 3 amide bonds. The number of anilines is 4. The number of nitrogens with one attached hydrogen (secondary N) is 5. The molecule has 0 radical (unpaired) electrons. The SMILES string of the molecule is COC(=O)[C@H](CCNC(=O)C(=O)Nc1ccccc1F)NC(=O)c1ccc(Nc2nc(NC3(c4ccc(Cl)cc4)CC3)nc(OCC(F)(F)F)n2)cc1. The smallest absolute Gasteiger partial charge is 0.422 e. The number of aromatic nitrogens is 3. The molecule has 1 aliphatic rings. The average molecular weight is 759 g/mol. The number of ether oxygens (including phenoxy) is 2. The second-order valence-electron chi connectivity index (χ2n) is 11.6. The van der Waals surface area contributed by atoms with Gasteiger partial charge in [-0.3, -0.25) is 14.4 Å². The van der Waals surface area contributed by atoms with Crippen LogP contribution in [0.25, 0.3) is 0 Å². The molecule has 5 N–H and O–H groups in total. The Balaban J connectivity index is 1.21. The third-order valence-electron chi connectivity index (χ3n) is 7.72. The van der Waals surface area contributed by atoms with Crippen molar-refractivity contribution in [2.45, 2.75) is 37.0 Å². The number of carbonyl (C=O) groups is 4. The van der Waals surface area contributed by atoms with Crippen LogP contribution in [0, 0.1) is 5.82 Å². The summed E-state index contributed by atoms with van der Waals surface area (Å²) in [5.74, 6) is -4.69. The fourth-order valence-electron chi connectivity index (χ4n) is 4.89. The average Bonchev–Trinajstić information content (AvgIpc) is 3.91. The zero-order valence-corrected chi connectivity index (χ0v) is 28.5. The standard InChI is InChI=1S/C34H31ClF4N8O6/c1-52-29(51)25(14-17-40-27(49)28(50)42-24-5-3-2-4-23(24)36)43-26(48)19-6-12-22(13-7-19)41-30-44-31(46-32(45-30)53-18-34(37,38)39)47-33(15-16-33)20-8-10-21(35)11-9-20/h2-13,25H,14-18H2,1H3,(H,40,49)(H,42,50)(H,43,48)(H2,41,44,45,46,47)/t25-/m0/s1. The Hall–Kier alpha value is -6.04. The summed E-state index contributed by atoms with van der Waals surface area (Å²) in [7, 11) is 1.10. The lowest BCUT2D eigenvalue weighted by atomic mass is 10.1. The number of para-hydroxylation sites is 1. The van der Waals surface area contributed by atoms with Crippen LogP contribution < -0.4 is 31.3 Å². The number of amides is 3. The number of hydrogen-bond acceptors (Lipinski definition) is 11. The Labute approximate surface area is 304 Å². The van der Waals surface area contributed by atoms with E-state index in [4.69, 9.17) is 21.1 Å². The van der Waals surface area contributed by atoms with Crippen LogP contribution in [0.5, 0.6) is 6.01 Å². The topological polar surface area (TPSA) is 186 Å². The number of nitrogens with zero attached hydrogens (tertiary/aromatic N) is 3. The van der Waals surface area contributed by atoms with E-state index in [1.165, 1.54) is 42.5 Å². The molecule has 1 aromatic heterocycles. The van der Waals surface area contributed by atoms with Crippen molar-refractivity contribution in [1.29, 1.82) is 0 Å². The minimum atomic E-state index is -4.65. The first-order valence-electron chi connectivity index (χ1n) is 15.8. The predicted octanol–water partition coefficient (Wildman–Crippen LogP) is 4.87. The van der Waals surface area contributed by atoms with E-state index in [0.717, 1.165) is 18.7 Å². The first-order valence-corrected chi connectivity index (χ1v) is 16.2. The lowest BCUT2D eigenvalue weighted by molar-refractivity contribution is -0.154. The van der Waals surface area contributed by atoms with E-state index in [9.17, 15) is 36.7 Å². The predicted molar refractivity (Wildman–Crippen MR) is 183 cm³/mol. The Bertz CT molecular complexity index is 1960. The van der Waals surface area contributed by atoms with Crippen molar-refractivity contribution in [1.82, 2.24) is 25.6 Å². The van der Waals surface area contributed by atoms with Gasteiger partial charge in [-0.1, -0.05) is 35.9 Å². The second kappa shape index (κ2) is 16.5. The van der Waals surface area contributed by atoms with Crippen LogP contribution in [-0.2, 0) is 24.7 Å². The van der Waals surface area contributed by atoms with Gasteiger partial charge in [-0.15, -0.1) is 0 Å². The maximum atomic E-state index is 13.8. The van der Waals surface area contributed by atoms with E-state index in [0.29, 0.717) is 23.6 Å². The molecule has 0 bridgehead atoms. The number of esters is 1. The number of alkyl halides is 3. The lowest BCUT2D eigenvalue weighted by Gasteiger charge is -2.19. The van der Waals surface area contributed by atoms with Gasteiger partial charge in [0.05, 0.1) is 18.3 Å². The van der Waals surface area contributed by atoms with Crippen molar-refractivity contribution < 1.29 is 46.2 Å². The fraction of sp³-hybridized carbons (Fsp3) is 0.265. The molecule has 3 aromatic carbocycles. The van der Waals surface area contributed by atoms with Gasteiger partial charge in [-0.05, 0) is 73.4 Å². The molecule has 0 aliphatic heterocycles. The molecule has 1 aliphatic carbocycles. The summed E-state index contributed by atoms with van der Waals surface area (Å²) < 4.78 is 62.1. The van der Waals surface area contributed by atoms with Crippen LogP contribution >= 0.6 is 11.6 Å². The molecule has 1 atom stereocenters. The number of methoxy groups -OCH3 is 1. The highest BCUT2D eigenvalue weighted by Crippen LogP contribution is 2.48. The van der Waals surface area contributed by atoms with Gasteiger partial charge in [0.15, 0.2) is 6.61 Å². The first-order chi connectivity index (χ1) is 25.2. The molecule has 14 nitrogen and oxygen atoms in total. The largest absolute Gasteiger partial charge is 0.467 e. The fourth-order valence-corrected chi connectivity index (χ4v) is 5.02. The van der Waals surface area contributed by atoms with Gasteiger partial charge >= 0.3 is 30.0 Å². The zero-order valence-electron chi connectivity index (χ0n) is 27.7. The summed E-state index contributed by atoms with van der Waals surface area (Å²) in [5, 5.41) is 13.5. The molecule has 0 unspecified atom stereocenters. The number of carbonyl (C=O) groups excluding carboxylic acids is 4. The van der Waals surface area contributed by atoms with Gasteiger partial charge in [0.2, 0.25) is 11.9 Å². The molecule has 278 valence electrons. The summed E-state index contributed by atoms with van der Waals surface area (Å²) in [5.41, 5.74) is 0.556. The summed E-state index contributed by atoms with van der Waals surface area (Å²) in [4.78, 5) is 62.0. The summed E-state index contributed by atoms with van der Waals surface area (Å²) >= 11 is 6.02. The van der Waals surface area contributed by atoms with E-state index in [-0.39, 0.29) is 36.1 Å². The molecular weight excluding hydrogens is 728 g/mol.